The molecule has 0 saturated carbocycles. The number of carbonyl (C=O) groups excluding carboxylic acids is 8. The number of hydrogen-bond donors (Lipinski definition) is 2. The molecule has 4 amide bonds. The molecule has 2 aliphatic heterocycles. The molecule has 0 saturated heterocycles. The molecule has 2 N–H and O–H groups in total. The number of aryl methyl sites for hydroxylation is 2. The third-order valence-corrected chi connectivity index (χ3v) is 12.7. The summed E-state index contributed by atoms with van der Waals surface area (Å²) in [7, 11) is 2.99. The van der Waals surface area contributed by atoms with Crippen LogP contribution in [0.2, 0.25) is 10.0 Å². The number of nitrogens with zero attached hydrogens (tertiary/aromatic N) is 4. The molecule has 21 heteroatoms. The molecule has 2 atom stereocenters. The Kier molecular flexibility index (Phi) is 20.8. The van der Waals surface area contributed by atoms with Crippen LogP contribution >= 0.6 is 23.2 Å². The second-order valence-electron chi connectivity index (χ2n) is 17.5. The van der Waals surface area contributed by atoms with Crippen LogP contribution in [-0.2, 0) is 41.5 Å². The molecule has 0 radical (unpaired) electrons. The fourth-order valence-corrected chi connectivity index (χ4v) is 8.83. The zero-order valence-corrected chi connectivity index (χ0v) is 46.1. The third-order valence-electron chi connectivity index (χ3n) is 12.3. The van der Waals surface area contributed by atoms with E-state index in [-0.39, 0.29) is 93.6 Å². The van der Waals surface area contributed by atoms with E-state index in [1.54, 1.807) is 131 Å². The van der Waals surface area contributed by atoms with Gasteiger partial charge in [0.1, 0.15) is 0 Å². The van der Waals surface area contributed by atoms with Gasteiger partial charge in [0, 0.05) is 82.9 Å². The van der Waals surface area contributed by atoms with E-state index in [1.807, 2.05) is 0 Å². The number of carboxylic acid groups (broad SMARTS) is 2. The van der Waals surface area contributed by atoms with Crippen LogP contribution in [0.1, 0.15) is 79.2 Å². The fraction of sp³-hybridized carbons (Fsp3) is 0.172. The van der Waals surface area contributed by atoms with Gasteiger partial charge in [-0.1, -0.05) is 83.9 Å². The van der Waals surface area contributed by atoms with Crippen molar-refractivity contribution in [3.05, 3.63) is 201 Å². The molecule has 2 aliphatic rings. The quantitative estimate of drug-likeness (QED) is 0.0641. The van der Waals surface area contributed by atoms with Crippen molar-refractivity contribution in [3.8, 4) is 0 Å². The summed E-state index contributed by atoms with van der Waals surface area (Å²) < 4.78 is 11.2. The Morgan fingerprint density at radius 2 is 0.873 bits per heavy atom. The van der Waals surface area contributed by atoms with E-state index in [2.05, 4.69) is 10.6 Å². The summed E-state index contributed by atoms with van der Waals surface area (Å²) in [6.07, 6.45) is 5.56. The van der Waals surface area contributed by atoms with Gasteiger partial charge in [-0.15, -0.1) is 0 Å². The van der Waals surface area contributed by atoms with E-state index in [4.69, 9.17) is 32.7 Å². The minimum atomic E-state index is -1.37. The van der Waals surface area contributed by atoms with Crippen LogP contribution < -0.4 is 40.9 Å². The molecule has 2 unspecified atom stereocenters. The average Bonchev–Trinajstić information content (AvgIpc) is 3.53. The Hall–Kier alpha value is -8.17. The monoisotopic (exact) mass is 1120 g/mol. The summed E-state index contributed by atoms with van der Waals surface area (Å²) in [5.41, 5.74) is 4.40. The summed E-state index contributed by atoms with van der Waals surface area (Å²) in [6.45, 7) is 2.87. The molecule has 0 aromatic heterocycles. The number of halogens is 2. The number of ether oxygens (including phenoxy) is 2. The number of amides is 4. The van der Waals surface area contributed by atoms with Gasteiger partial charge in [0.05, 0.1) is 34.7 Å². The molecule has 0 aliphatic carbocycles. The Labute approximate surface area is 480 Å². The van der Waals surface area contributed by atoms with E-state index < -0.39 is 24.4 Å². The van der Waals surface area contributed by atoms with E-state index >= 15 is 0 Å². The minimum absolute atomic E-state index is 0. The second-order valence-corrected chi connectivity index (χ2v) is 18.4. The van der Waals surface area contributed by atoms with Crippen LogP contribution in [0.3, 0.4) is 0 Å². The topological polar surface area (TPSA) is 238 Å². The van der Waals surface area contributed by atoms with Gasteiger partial charge in [-0.2, -0.15) is 0 Å². The van der Waals surface area contributed by atoms with Crippen molar-refractivity contribution >= 4 is 128 Å². The van der Waals surface area contributed by atoms with E-state index in [0.717, 1.165) is 11.1 Å². The first kappa shape index (κ1) is 60.1. The first-order chi connectivity index (χ1) is 37.4. The van der Waals surface area contributed by atoms with Crippen LogP contribution in [0, 0.1) is 0 Å². The number of para-hydroxylation sites is 2. The van der Waals surface area contributed by atoms with Crippen LogP contribution in [0.5, 0.6) is 0 Å². The zero-order chi connectivity index (χ0) is 56.2. The number of Topliss-reactive ketones (excluding diaryl/α,β-unsaturated/α-hetero) is 2. The van der Waals surface area contributed by atoms with Crippen LogP contribution in [0.4, 0.5) is 34.1 Å². The van der Waals surface area contributed by atoms with Crippen molar-refractivity contribution in [2.24, 2.45) is 0 Å². The minimum Gasteiger partial charge on any atom is -0.545 e. The predicted molar refractivity (Wildman–Crippen MR) is 297 cm³/mol. The van der Waals surface area contributed by atoms with Gasteiger partial charge in [-0.3, -0.25) is 28.8 Å². The normalized spacial score (nSPS) is 14.7. The van der Waals surface area contributed by atoms with Crippen molar-refractivity contribution < 1.29 is 58.0 Å². The second kappa shape index (κ2) is 27.4. The van der Waals surface area contributed by atoms with Crippen molar-refractivity contribution in [3.63, 3.8) is 0 Å². The van der Waals surface area contributed by atoms with Gasteiger partial charge >= 0.3 is 23.1 Å². The van der Waals surface area contributed by atoms with Crippen LogP contribution in [-0.4, -0.2) is 96.9 Å². The van der Waals surface area contributed by atoms with Gasteiger partial charge in [0.25, 0.3) is 11.8 Å². The smallest absolute Gasteiger partial charge is 0.545 e. The van der Waals surface area contributed by atoms with Crippen molar-refractivity contribution in [1.29, 1.82) is 0 Å². The fourth-order valence-electron chi connectivity index (χ4n) is 8.50. The Balaban J connectivity index is 0.000000252. The SMILES string of the molecule is COC1C=CC(=O)N(c2ccc(CCC(=O)Nc3ccccc3C(=O)[O-])cc2)N1c1cc(Cl)ccc1C(C)=O.COC1C=CC(=O)N(c2ccc(CCC(=O)Nc3ccccc3C(=O)[O-])cc2)N1c1cc(Cl)ccc1C(C)=O.[Mg+2]. The summed E-state index contributed by atoms with van der Waals surface area (Å²) >= 11 is 12.5. The molecule has 8 rings (SSSR count). The van der Waals surface area contributed by atoms with Gasteiger partial charge in [-0.05, 0) is 123 Å². The molecule has 2 heterocycles. The molecule has 0 fully saturated rings. The van der Waals surface area contributed by atoms with E-state index in [9.17, 15) is 48.6 Å². The van der Waals surface area contributed by atoms with Crippen molar-refractivity contribution in [1.82, 2.24) is 0 Å². The zero-order valence-electron chi connectivity index (χ0n) is 43.1. The first-order valence-corrected chi connectivity index (χ1v) is 24.8. The molecule has 0 bridgehead atoms. The molecule has 6 aromatic carbocycles. The number of carboxylic acids is 2. The standard InChI is InChI=1S/2C29H26ClN3O6.Mg/c2*1-18(34)22-13-10-20(30)17-25(22)33-28(39-2)16-15-27(36)32(33)21-11-7-19(8-12-21)9-14-26(35)31-24-6-4-3-5-23(24)29(37)38;/h2*3-8,10-13,15-17,28H,9,14H2,1-2H3,(H,31,35)(H,37,38);/q;;+2/p-2. The number of ketones is 2. The molecule has 79 heavy (non-hydrogen) atoms. The Morgan fingerprint density at radius 1 is 0.519 bits per heavy atom. The number of aromatic carboxylic acids is 2. The molecule has 6 aromatic rings. The number of rotatable bonds is 18. The van der Waals surface area contributed by atoms with E-state index in [0.29, 0.717) is 56.8 Å². The molecular weight excluding hydrogens is 1070 g/mol. The number of hydrazine groups is 2. The molecule has 400 valence electrons. The third kappa shape index (κ3) is 14.7. The summed E-state index contributed by atoms with van der Waals surface area (Å²) in [5, 5.41) is 34.5. The number of carbonyl (C=O) groups is 8. The summed E-state index contributed by atoms with van der Waals surface area (Å²) in [6, 6.07) is 35.8. The van der Waals surface area contributed by atoms with Crippen molar-refractivity contribution in [2.75, 3.05) is 44.9 Å². The van der Waals surface area contributed by atoms with Crippen LogP contribution in [0.15, 0.2) is 158 Å². The molecular formula is C58H50Cl2MgN6O12. The maximum Gasteiger partial charge on any atom is 2.00 e. The number of benzene rings is 6. The number of hydrogen-bond acceptors (Lipinski definition) is 14. The average molecular weight is 1120 g/mol. The Morgan fingerprint density at radius 3 is 1.20 bits per heavy atom. The van der Waals surface area contributed by atoms with Crippen LogP contribution in [0.25, 0.3) is 0 Å². The Bertz CT molecular complexity index is 3140. The summed E-state index contributed by atoms with van der Waals surface area (Å²) in [5.74, 6) is -4.55. The van der Waals surface area contributed by atoms with E-state index in [1.165, 1.54) is 74.5 Å². The molecule has 0 spiro atoms. The van der Waals surface area contributed by atoms with Gasteiger partial charge < -0.3 is 39.9 Å². The van der Waals surface area contributed by atoms with Gasteiger partial charge in [-0.25, -0.2) is 20.0 Å². The molecule has 18 nitrogen and oxygen atoms in total. The van der Waals surface area contributed by atoms with Gasteiger partial charge in [0.15, 0.2) is 24.0 Å². The maximum absolute atomic E-state index is 13.1. The van der Waals surface area contributed by atoms with Gasteiger partial charge in [0.2, 0.25) is 11.8 Å². The number of anilines is 6. The summed E-state index contributed by atoms with van der Waals surface area (Å²) in [4.78, 5) is 98.4. The largest absolute Gasteiger partial charge is 2.00 e. The first-order valence-electron chi connectivity index (χ1n) is 24.1. The number of methoxy groups -OCH3 is 2. The maximum atomic E-state index is 13.1. The predicted octanol–water partition coefficient (Wildman–Crippen LogP) is 7.17. The number of nitrogens with one attached hydrogen (secondary N) is 2. The van der Waals surface area contributed by atoms with Crippen molar-refractivity contribution in [2.45, 2.75) is 52.0 Å².